The largest absolute Gasteiger partial charge is 0.441 e. The van der Waals surface area contributed by atoms with Crippen molar-refractivity contribution in [3.8, 4) is 5.69 Å². The molecule has 2 saturated heterocycles. The number of halogens is 3. The average Bonchev–Trinajstić information content (AvgIpc) is 3.21. The van der Waals surface area contributed by atoms with E-state index >= 15 is 0 Å². The number of pyridine rings is 1. The summed E-state index contributed by atoms with van der Waals surface area (Å²) in [6.07, 6.45) is 0.609. The number of hydrogen-bond donors (Lipinski definition) is 0. The first-order valence-electron chi connectivity index (χ1n) is 12.5. The molecule has 2 fully saturated rings. The standard InChI is InChI=1S/C26H28ClF2N7O2/c1-16-22-31-32-23(34-14-26(15-34)12-33(13-26)21-7-5-19(29)9-30-21)36(22)20-6-4-18(27)8-17(20)10-35(16)24(37)38-25(2,3)11-28/h4-9,16H,10-15H2,1-3H3. The van der Waals surface area contributed by atoms with Gasteiger partial charge in [-0.15, -0.1) is 10.2 Å². The number of fused-ring (bicyclic) bond motifs is 3. The maximum absolute atomic E-state index is 13.4. The van der Waals surface area contributed by atoms with Gasteiger partial charge in [-0.3, -0.25) is 9.47 Å². The molecule has 1 unspecified atom stereocenters. The molecular weight excluding hydrogens is 516 g/mol. The summed E-state index contributed by atoms with van der Waals surface area (Å²) in [6, 6.07) is 8.17. The minimum absolute atomic E-state index is 0.107. The van der Waals surface area contributed by atoms with Gasteiger partial charge < -0.3 is 14.5 Å². The Morgan fingerprint density at radius 3 is 2.58 bits per heavy atom. The molecule has 0 aliphatic carbocycles. The summed E-state index contributed by atoms with van der Waals surface area (Å²) >= 11 is 6.34. The average molecular weight is 544 g/mol. The summed E-state index contributed by atoms with van der Waals surface area (Å²) in [6.45, 7) is 7.59. The van der Waals surface area contributed by atoms with Crippen molar-refractivity contribution in [2.45, 2.75) is 39.0 Å². The van der Waals surface area contributed by atoms with Crippen molar-refractivity contribution >= 4 is 29.5 Å². The molecule has 1 atom stereocenters. The SMILES string of the molecule is CC1c2nnc(N3CC4(CN(c5ccc(F)cn5)C4)C3)n2-c2ccc(Cl)cc2CN1C(=O)OC(C)(C)CF. The predicted molar refractivity (Wildman–Crippen MR) is 138 cm³/mol. The number of nitrogens with zero attached hydrogens (tertiary/aromatic N) is 7. The van der Waals surface area contributed by atoms with Gasteiger partial charge in [0, 0.05) is 36.6 Å². The number of ether oxygens (including phenoxy) is 1. The summed E-state index contributed by atoms with van der Waals surface area (Å²) < 4.78 is 34.1. The van der Waals surface area contributed by atoms with Crippen LogP contribution in [0.3, 0.4) is 0 Å². The summed E-state index contributed by atoms with van der Waals surface area (Å²) in [5.41, 5.74) is 0.509. The molecule has 6 rings (SSSR count). The summed E-state index contributed by atoms with van der Waals surface area (Å²) in [5.74, 6) is 1.70. The highest BCUT2D eigenvalue weighted by Crippen LogP contribution is 2.44. The zero-order chi connectivity index (χ0) is 26.8. The van der Waals surface area contributed by atoms with Gasteiger partial charge in [0.1, 0.15) is 23.9 Å². The molecule has 1 amide bonds. The van der Waals surface area contributed by atoms with Gasteiger partial charge in [-0.1, -0.05) is 11.6 Å². The highest BCUT2D eigenvalue weighted by Gasteiger charge is 2.53. The third-order valence-electron chi connectivity index (χ3n) is 7.48. The second-order valence-electron chi connectivity index (χ2n) is 11.1. The Morgan fingerprint density at radius 2 is 1.89 bits per heavy atom. The number of aromatic nitrogens is 4. The maximum Gasteiger partial charge on any atom is 0.411 e. The number of rotatable bonds is 4. The Hall–Kier alpha value is -3.47. The van der Waals surface area contributed by atoms with E-state index in [-0.39, 0.29) is 17.8 Å². The number of carbonyl (C=O) groups is 1. The number of amides is 1. The summed E-state index contributed by atoms with van der Waals surface area (Å²) in [4.78, 5) is 23.2. The molecule has 9 nitrogen and oxygen atoms in total. The van der Waals surface area contributed by atoms with Gasteiger partial charge in [0.25, 0.3) is 0 Å². The highest BCUT2D eigenvalue weighted by molar-refractivity contribution is 6.30. The highest BCUT2D eigenvalue weighted by atomic mass is 35.5. The number of hydrogen-bond acceptors (Lipinski definition) is 7. The van der Waals surface area contributed by atoms with E-state index < -0.39 is 24.4 Å². The number of anilines is 2. The van der Waals surface area contributed by atoms with E-state index in [9.17, 15) is 13.6 Å². The Balaban J connectivity index is 1.26. The van der Waals surface area contributed by atoms with Gasteiger partial charge in [-0.25, -0.2) is 18.6 Å². The van der Waals surface area contributed by atoms with Crippen LogP contribution in [0.25, 0.3) is 5.69 Å². The van der Waals surface area contributed by atoms with E-state index in [1.165, 1.54) is 31.0 Å². The van der Waals surface area contributed by atoms with E-state index in [2.05, 4.69) is 25.0 Å². The molecule has 1 spiro atoms. The lowest BCUT2D eigenvalue weighted by atomic mass is 9.73. The molecular formula is C26H28ClF2N7O2. The molecule has 3 aliphatic heterocycles. The molecule has 3 aliphatic rings. The van der Waals surface area contributed by atoms with Crippen molar-refractivity contribution in [1.82, 2.24) is 24.6 Å². The van der Waals surface area contributed by atoms with Crippen LogP contribution in [-0.4, -0.2) is 69.2 Å². The van der Waals surface area contributed by atoms with E-state index in [0.717, 1.165) is 43.2 Å². The fourth-order valence-electron chi connectivity index (χ4n) is 5.48. The van der Waals surface area contributed by atoms with Crippen molar-refractivity contribution in [3.63, 3.8) is 0 Å². The van der Waals surface area contributed by atoms with Crippen LogP contribution in [-0.2, 0) is 11.3 Å². The third kappa shape index (κ3) is 4.13. The monoisotopic (exact) mass is 543 g/mol. The van der Waals surface area contributed by atoms with Crippen LogP contribution in [0.15, 0.2) is 36.5 Å². The first-order valence-corrected chi connectivity index (χ1v) is 12.9. The summed E-state index contributed by atoms with van der Waals surface area (Å²) in [5, 5.41) is 9.56. The van der Waals surface area contributed by atoms with Crippen LogP contribution in [0.5, 0.6) is 0 Å². The second kappa shape index (κ2) is 8.79. The quantitative estimate of drug-likeness (QED) is 0.478. The molecule has 0 bridgehead atoms. The Labute approximate surface area is 224 Å². The lowest BCUT2D eigenvalue weighted by Gasteiger charge is -2.60. The fraction of sp³-hybridized carbons (Fsp3) is 0.462. The van der Waals surface area contributed by atoms with Gasteiger partial charge in [-0.05, 0) is 56.7 Å². The van der Waals surface area contributed by atoms with Crippen molar-refractivity contribution < 1.29 is 18.3 Å². The molecule has 38 heavy (non-hydrogen) atoms. The number of benzene rings is 1. The molecule has 12 heteroatoms. The number of carbonyl (C=O) groups excluding carboxylic acids is 1. The lowest BCUT2D eigenvalue weighted by Crippen LogP contribution is -2.73. The molecule has 3 aromatic rings. The maximum atomic E-state index is 13.4. The smallest absolute Gasteiger partial charge is 0.411 e. The van der Waals surface area contributed by atoms with Crippen molar-refractivity contribution in [2.75, 3.05) is 42.7 Å². The summed E-state index contributed by atoms with van der Waals surface area (Å²) in [7, 11) is 0. The van der Waals surface area contributed by atoms with Gasteiger partial charge in [0.05, 0.1) is 24.5 Å². The predicted octanol–water partition coefficient (Wildman–Crippen LogP) is 4.54. The fourth-order valence-corrected chi connectivity index (χ4v) is 5.68. The van der Waals surface area contributed by atoms with Gasteiger partial charge in [-0.2, -0.15) is 0 Å². The number of alkyl halides is 1. The zero-order valence-electron chi connectivity index (χ0n) is 21.4. The molecule has 0 saturated carbocycles. The topological polar surface area (TPSA) is 79.6 Å². The lowest BCUT2D eigenvalue weighted by molar-refractivity contribution is -0.00873. The van der Waals surface area contributed by atoms with Crippen LogP contribution in [0.2, 0.25) is 5.02 Å². The molecule has 1 aromatic carbocycles. The van der Waals surface area contributed by atoms with E-state index in [1.54, 1.807) is 12.1 Å². The minimum atomic E-state index is -1.24. The first kappa shape index (κ1) is 24.8. The van der Waals surface area contributed by atoms with E-state index in [0.29, 0.717) is 16.8 Å². The zero-order valence-corrected chi connectivity index (χ0v) is 22.1. The van der Waals surface area contributed by atoms with Crippen molar-refractivity contribution in [3.05, 3.63) is 58.8 Å². The Bertz CT molecular complexity index is 1380. The molecule has 5 heterocycles. The molecule has 2 aromatic heterocycles. The van der Waals surface area contributed by atoms with Crippen molar-refractivity contribution in [2.24, 2.45) is 5.41 Å². The normalized spacial score (nSPS) is 19.8. The first-order chi connectivity index (χ1) is 18.1. The van der Waals surface area contributed by atoms with E-state index in [4.69, 9.17) is 16.3 Å². The Morgan fingerprint density at radius 1 is 1.16 bits per heavy atom. The van der Waals surface area contributed by atoms with Crippen LogP contribution in [0, 0.1) is 11.2 Å². The van der Waals surface area contributed by atoms with Crippen LogP contribution < -0.4 is 9.80 Å². The molecule has 200 valence electrons. The van der Waals surface area contributed by atoms with Gasteiger partial charge in [0.2, 0.25) is 5.95 Å². The van der Waals surface area contributed by atoms with Crippen LogP contribution >= 0.6 is 11.6 Å². The van der Waals surface area contributed by atoms with Gasteiger partial charge >= 0.3 is 6.09 Å². The van der Waals surface area contributed by atoms with Crippen LogP contribution in [0.4, 0.5) is 25.3 Å². The molecule has 0 radical (unpaired) electrons. The van der Waals surface area contributed by atoms with Crippen molar-refractivity contribution in [1.29, 1.82) is 0 Å². The second-order valence-corrected chi connectivity index (χ2v) is 11.5. The van der Waals surface area contributed by atoms with Gasteiger partial charge in [0.15, 0.2) is 5.82 Å². The van der Waals surface area contributed by atoms with Crippen LogP contribution in [0.1, 0.15) is 38.2 Å². The Kier molecular flexibility index (Phi) is 5.75. The minimum Gasteiger partial charge on any atom is -0.441 e. The third-order valence-corrected chi connectivity index (χ3v) is 7.71. The van der Waals surface area contributed by atoms with E-state index in [1.807, 2.05) is 23.6 Å². The molecule has 0 N–H and O–H groups in total.